The van der Waals surface area contributed by atoms with Crippen LogP contribution >= 0.6 is 11.6 Å². The molecule has 4 heteroatoms. The molecule has 0 aliphatic rings. The highest BCUT2D eigenvalue weighted by Gasteiger charge is 2.19. The molecule has 0 saturated carbocycles. The number of ether oxygens (including phenoxy) is 2. The highest BCUT2D eigenvalue weighted by atomic mass is 35.5. The van der Waals surface area contributed by atoms with Gasteiger partial charge >= 0.3 is 5.97 Å². The summed E-state index contributed by atoms with van der Waals surface area (Å²) in [7, 11) is 1.62. The number of carbonyl (C=O) groups excluding carboxylic acids is 1. The van der Waals surface area contributed by atoms with Gasteiger partial charge in [-0.25, -0.2) is 0 Å². The fraction of sp³-hybridized carbons (Fsp3) is 0.316. The Morgan fingerprint density at radius 3 is 2.30 bits per heavy atom. The fourth-order valence-electron chi connectivity index (χ4n) is 2.18. The minimum atomic E-state index is -0.255. The van der Waals surface area contributed by atoms with Crippen molar-refractivity contribution < 1.29 is 14.3 Å². The van der Waals surface area contributed by atoms with E-state index in [1.54, 1.807) is 25.3 Å². The number of hydrogen-bond donors (Lipinski definition) is 0. The molecule has 3 nitrogen and oxygen atoms in total. The lowest BCUT2D eigenvalue weighted by Crippen LogP contribution is -2.17. The van der Waals surface area contributed by atoms with Crippen LogP contribution in [0.15, 0.2) is 42.5 Å². The molecule has 0 aliphatic heterocycles. The van der Waals surface area contributed by atoms with Gasteiger partial charge in [-0.2, -0.15) is 0 Å². The maximum absolute atomic E-state index is 12.1. The van der Waals surface area contributed by atoms with E-state index in [2.05, 4.69) is 0 Å². The summed E-state index contributed by atoms with van der Waals surface area (Å²) >= 11 is 6.10. The zero-order valence-electron chi connectivity index (χ0n) is 13.9. The van der Waals surface area contributed by atoms with Crippen LogP contribution < -0.4 is 9.47 Å². The Morgan fingerprint density at radius 1 is 1.09 bits per heavy atom. The molecular formula is C19H21ClO3. The molecule has 0 bridgehead atoms. The molecule has 0 heterocycles. The monoisotopic (exact) mass is 332 g/mol. The molecule has 0 aliphatic carbocycles. The largest absolute Gasteiger partial charge is 0.497 e. The summed E-state index contributed by atoms with van der Waals surface area (Å²) in [5, 5.41) is 0.589. The molecule has 0 amide bonds. The number of halogens is 1. The summed E-state index contributed by atoms with van der Waals surface area (Å²) in [4.78, 5) is 12.1. The first-order valence-electron chi connectivity index (χ1n) is 7.43. The highest BCUT2D eigenvalue weighted by molar-refractivity contribution is 6.31. The van der Waals surface area contributed by atoms with Gasteiger partial charge in [-0.05, 0) is 41.3 Å². The van der Waals surface area contributed by atoms with Crippen LogP contribution in [0.1, 0.15) is 27.2 Å². The van der Waals surface area contributed by atoms with Gasteiger partial charge in [-0.15, -0.1) is 0 Å². The summed E-state index contributed by atoms with van der Waals surface area (Å²) in [6.07, 6.45) is 0.345. The third-order valence-corrected chi connectivity index (χ3v) is 3.48. The first-order valence-corrected chi connectivity index (χ1v) is 7.81. The number of methoxy groups -OCH3 is 1. The van der Waals surface area contributed by atoms with E-state index in [1.807, 2.05) is 45.0 Å². The van der Waals surface area contributed by atoms with Crippen molar-refractivity contribution in [1.82, 2.24) is 0 Å². The summed E-state index contributed by atoms with van der Waals surface area (Å²) in [5.41, 5.74) is 1.57. The number of esters is 1. The van der Waals surface area contributed by atoms with Gasteiger partial charge < -0.3 is 9.47 Å². The normalized spacial score (nSPS) is 11.2. The smallest absolute Gasteiger partial charge is 0.311 e. The van der Waals surface area contributed by atoms with Crippen molar-refractivity contribution in [3.63, 3.8) is 0 Å². The van der Waals surface area contributed by atoms with Crippen molar-refractivity contribution in [2.45, 2.75) is 27.2 Å². The van der Waals surface area contributed by atoms with E-state index in [-0.39, 0.29) is 11.4 Å². The molecule has 2 aromatic carbocycles. The van der Waals surface area contributed by atoms with Crippen molar-refractivity contribution in [3.8, 4) is 22.6 Å². The molecule has 0 aromatic heterocycles. The van der Waals surface area contributed by atoms with Gasteiger partial charge in [0.05, 0.1) is 13.5 Å². The molecule has 0 fully saturated rings. The maximum Gasteiger partial charge on any atom is 0.311 e. The third kappa shape index (κ3) is 5.00. The minimum Gasteiger partial charge on any atom is -0.497 e. The second-order valence-electron chi connectivity index (χ2n) is 6.58. The molecule has 2 aromatic rings. The SMILES string of the molecule is COc1ccc(-c2cc(Cl)ccc2OC(=O)CC(C)(C)C)cc1. The van der Waals surface area contributed by atoms with E-state index in [1.165, 1.54) is 0 Å². The summed E-state index contributed by atoms with van der Waals surface area (Å²) < 4.78 is 10.7. The van der Waals surface area contributed by atoms with E-state index in [9.17, 15) is 4.79 Å². The second-order valence-corrected chi connectivity index (χ2v) is 7.02. The van der Waals surface area contributed by atoms with E-state index in [0.717, 1.165) is 16.9 Å². The van der Waals surface area contributed by atoms with Crippen LogP contribution in [-0.2, 0) is 4.79 Å². The predicted molar refractivity (Wildman–Crippen MR) is 93.1 cm³/mol. The summed E-state index contributed by atoms with van der Waals surface area (Å²) in [6, 6.07) is 12.8. The molecule has 122 valence electrons. The summed E-state index contributed by atoms with van der Waals surface area (Å²) in [5.74, 6) is 1.02. The van der Waals surface area contributed by atoms with Gasteiger partial charge in [0.15, 0.2) is 0 Å². The average molecular weight is 333 g/mol. The lowest BCUT2D eigenvalue weighted by molar-refractivity contribution is -0.136. The van der Waals surface area contributed by atoms with Crippen LogP contribution in [0.25, 0.3) is 11.1 Å². The lowest BCUT2D eigenvalue weighted by Gasteiger charge is -2.17. The van der Waals surface area contributed by atoms with E-state index in [0.29, 0.717) is 17.2 Å². The Labute approximate surface area is 142 Å². The van der Waals surface area contributed by atoms with Gasteiger partial charge in [0.1, 0.15) is 11.5 Å². The Morgan fingerprint density at radius 2 is 1.74 bits per heavy atom. The predicted octanol–water partition coefficient (Wildman–Crippen LogP) is 5.36. The molecule has 0 N–H and O–H groups in total. The van der Waals surface area contributed by atoms with Gasteiger partial charge in [-0.3, -0.25) is 4.79 Å². The van der Waals surface area contributed by atoms with Crippen LogP contribution in [0.2, 0.25) is 5.02 Å². The van der Waals surface area contributed by atoms with Crippen molar-refractivity contribution >= 4 is 17.6 Å². The molecule has 0 spiro atoms. The molecular weight excluding hydrogens is 312 g/mol. The average Bonchev–Trinajstić information content (AvgIpc) is 2.47. The van der Waals surface area contributed by atoms with Crippen LogP contribution in [0.4, 0.5) is 0 Å². The zero-order chi connectivity index (χ0) is 17.0. The second kappa shape index (κ2) is 7.05. The Balaban J connectivity index is 2.31. The third-order valence-electron chi connectivity index (χ3n) is 3.24. The van der Waals surface area contributed by atoms with Gasteiger partial charge in [0.2, 0.25) is 0 Å². The Bertz CT molecular complexity index is 685. The van der Waals surface area contributed by atoms with E-state index >= 15 is 0 Å². The fourth-order valence-corrected chi connectivity index (χ4v) is 2.35. The Kier molecular flexibility index (Phi) is 5.32. The minimum absolute atomic E-state index is 0.121. The molecule has 2 rings (SSSR count). The van der Waals surface area contributed by atoms with Crippen LogP contribution in [0, 0.1) is 5.41 Å². The topological polar surface area (TPSA) is 35.5 Å². The number of rotatable bonds is 4. The molecule has 0 atom stereocenters. The quantitative estimate of drug-likeness (QED) is 0.558. The number of hydrogen-bond acceptors (Lipinski definition) is 3. The molecule has 0 radical (unpaired) electrons. The van der Waals surface area contributed by atoms with Crippen LogP contribution in [-0.4, -0.2) is 13.1 Å². The Hall–Kier alpha value is -2.00. The maximum atomic E-state index is 12.1. The first kappa shape index (κ1) is 17.4. The standard InChI is InChI=1S/C19H21ClO3/c1-19(2,3)12-18(21)23-17-10-7-14(20)11-16(17)13-5-8-15(22-4)9-6-13/h5-11H,12H2,1-4H3. The molecule has 0 unspecified atom stereocenters. The summed E-state index contributed by atoms with van der Waals surface area (Å²) in [6.45, 7) is 6.00. The van der Waals surface area contributed by atoms with Crippen molar-refractivity contribution in [1.29, 1.82) is 0 Å². The molecule has 0 saturated heterocycles. The highest BCUT2D eigenvalue weighted by Crippen LogP contribution is 2.34. The zero-order valence-corrected chi connectivity index (χ0v) is 14.6. The number of benzene rings is 2. The first-order chi connectivity index (χ1) is 10.8. The van der Waals surface area contributed by atoms with Crippen molar-refractivity contribution in [3.05, 3.63) is 47.5 Å². The van der Waals surface area contributed by atoms with Crippen LogP contribution in [0.5, 0.6) is 11.5 Å². The molecule has 23 heavy (non-hydrogen) atoms. The van der Waals surface area contributed by atoms with Gasteiger partial charge in [0.25, 0.3) is 0 Å². The van der Waals surface area contributed by atoms with Crippen molar-refractivity contribution in [2.75, 3.05) is 7.11 Å². The van der Waals surface area contributed by atoms with E-state index in [4.69, 9.17) is 21.1 Å². The lowest BCUT2D eigenvalue weighted by atomic mass is 9.92. The van der Waals surface area contributed by atoms with Gasteiger partial charge in [0, 0.05) is 10.6 Å². The van der Waals surface area contributed by atoms with Crippen molar-refractivity contribution in [2.24, 2.45) is 5.41 Å². The number of carbonyl (C=O) groups is 1. The van der Waals surface area contributed by atoms with Gasteiger partial charge in [-0.1, -0.05) is 44.5 Å². The van der Waals surface area contributed by atoms with E-state index < -0.39 is 0 Å². The van der Waals surface area contributed by atoms with Crippen LogP contribution in [0.3, 0.4) is 0 Å².